The standard InChI is InChI=1S/C34H18FN11/c35-19-11-30-40-32(44-26-9-17(15-36)1-5-22(26)23-6-2-18(16-37)10-27(23)44)42-34-43-33(41-31(12-19)46(30)34)45-28-13-20(38)3-7-24(28)25-8-4-21(39)14-29(25)45/h1-14H,38-39H2. The number of halogens is 1. The molecule has 2 aromatic heterocycles. The first-order chi connectivity index (χ1) is 22.4. The predicted molar refractivity (Wildman–Crippen MR) is 177 cm³/mol. The number of nitriles is 2. The van der Waals surface area contributed by atoms with Gasteiger partial charge in [0.05, 0.1) is 45.3 Å². The highest BCUT2D eigenvalue weighted by molar-refractivity contribution is 6.25. The van der Waals surface area contributed by atoms with Crippen molar-refractivity contribution in [2.75, 3.05) is 11.5 Å². The molecule has 0 radical (unpaired) electrons. The zero-order valence-corrected chi connectivity index (χ0v) is 23.6. The summed E-state index contributed by atoms with van der Waals surface area (Å²) < 4.78 is 18.8. The first-order valence-corrected chi connectivity index (χ1v) is 14.1. The van der Waals surface area contributed by atoms with Crippen molar-refractivity contribution in [1.29, 1.82) is 10.5 Å². The van der Waals surface area contributed by atoms with Crippen LogP contribution in [0.2, 0.25) is 0 Å². The van der Waals surface area contributed by atoms with Gasteiger partial charge in [-0.05, 0) is 48.5 Å². The number of fused-ring (bicyclic) bond motifs is 6. The first kappa shape index (κ1) is 25.4. The fourth-order valence-electron chi connectivity index (χ4n) is 6.30. The van der Waals surface area contributed by atoms with Gasteiger partial charge in [-0.2, -0.15) is 30.5 Å². The fraction of sp³-hybridized carbons (Fsp3) is 0. The minimum absolute atomic E-state index is 0.178. The maximum Gasteiger partial charge on any atom is 0.243 e. The van der Waals surface area contributed by atoms with Crippen LogP contribution in [0, 0.1) is 22.7 Å². The van der Waals surface area contributed by atoms with Crippen molar-refractivity contribution >= 4 is 78.7 Å². The summed E-state index contributed by atoms with van der Waals surface area (Å²) in [7, 11) is 0. The van der Waals surface area contributed by atoms with Crippen LogP contribution in [0.1, 0.15) is 11.1 Å². The first-order valence-electron chi connectivity index (χ1n) is 14.1. The Bertz CT molecular complexity index is 2570. The van der Waals surface area contributed by atoms with E-state index in [1.807, 2.05) is 53.1 Å². The molecule has 46 heavy (non-hydrogen) atoms. The number of aliphatic imine (C=N–C) groups is 4. The number of hydrogen-bond donors (Lipinski definition) is 2. The molecule has 3 aliphatic rings. The van der Waals surface area contributed by atoms with Gasteiger partial charge in [-0.3, -0.25) is 9.13 Å². The van der Waals surface area contributed by atoms with Crippen LogP contribution in [0.3, 0.4) is 0 Å². The minimum Gasteiger partial charge on any atom is -0.399 e. The van der Waals surface area contributed by atoms with Crippen LogP contribution in [0.5, 0.6) is 0 Å². The number of aromatic nitrogens is 2. The molecule has 0 fully saturated rings. The number of guanidine groups is 1. The molecule has 3 aliphatic heterocycles. The molecule has 6 aromatic rings. The van der Waals surface area contributed by atoms with Crippen LogP contribution in [-0.4, -0.2) is 37.7 Å². The number of benzene rings is 4. The Morgan fingerprint density at radius 1 is 0.565 bits per heavy atom. The summed E-state index contributed by atoms with van der Waals surface area (Å²) in [6.07, 6.45) is 2.58. The van der Waals surface area contributed by atoms with Gasteiger partial charge in [-0.1, -0.05) is 24.3 Å². The molecule has 4 aromatic carbocycles. The van der Waals surface area contributed by atoms with Crippen LogP contribution < -0.4 is 11.5 Å². The highest BCUT2D eigenvalue weighted by Gasteiger charge is 2.34. The number of rotatable bonds is 0. The van der Waals surface area contributed by atoms with E-state index in [9.17, 15) is 10.5 Å². The Labute approximate surface area is 258 Å². The van der Waals surface area contributed by atoms with Gasteiger partial charge in [0.25, 0.3) is 0 Å². The molecular formula is C34H18FN11. The maximum absolute atomic E-state index is 15.2. The van der Waals surface area contributed by atoms with Gasteiger partial charge in [-0.15, -0.1) is 0 Å². The molecule has 4 N–H and O–H groups in total. The van der Waals surface area contributed by atoms with Crippen molar-refractivity contribution < 1.29 is 4.39 Å². The topological polar surface area (TPSA) is 162 Å². The third kappa shape index (κ3) is 3.49. The normalized spacial score (nSPS) is 15.5. The number of hydrogen-bond acceptors (Lipinski definition) is 9. The number of nitrogens with zero attached hydrogens (tertiary/aromatic N) is 9. The van der Waals surface area contributed by atoms with Gasteiger partial charge >= 0.3 is 0 Å². The Balaban J connectivity index is 1.34. The SMILES string of the molecule is N#Cc1ccc2c3ccc(C#N)cc3n(C3=NC4=CC(F)=CC5=NC(n6c7cc(N)ccc7c7ccc(N)cc76)=NC(=N3)N45)c2c1. The highest BCUT2D eigenvalue weighted by atomic mass is 19.1. The Morgan fingerprint density at radius 3 is 1.59 bits per heavy atom. The quantitative estimate of drug-likeness (QED) is 0.213. The lowest BCUT2D eigenvalue weighted by Crippen LogP contribution is -2.43. The number of allylic oxidation sites excluding steroid dienone is 2. The number of nitrogens with two attached hydrogens (primary N) is 2. The van der Waals surface area contributed by atoms with Crippen molar-refractivity contribution in [3.8, 4) is 12.1 Å². The Kier molecular flexibility index (Phi) is 4.97. The third-order valence-corrected chi connectivity index (χ3v) is 8.26. The summed E-state index contributed by atoms with van der Waals surface area (Å²) in [6, 6.07) is 26.2. The van der Waals surface area contributed by atoms with E-state index >= 15 is 4.39 Å². The van der Waals surface area contributed by atoms with Gasteiger partial charge < -0.3 is 11.5 Å². The second kappa shape index (κ2) is 8.98. The van der Waals surface area contributed by atoms with E-state index in [4.69, 9.17) is 31.4 Å². The second-order valence-corrected chi connectivity index (χ2v) is 11.0. The van der Waals surface area contributed by atoms with E-state index in [0.717, 1.165) is 32.6 Å². The van der Waals surface area contributed by atoms with Gasteiger partial charge in [0, 0.05) is 45.1 Å². The summed E-state index contributed by atoms with van der Waals surface area (Å²) in [6.45, 7) is 0. The average Bonchev–Trinajstić information content (AvgIpc) is 3.54. The molecule has 5 heterocycles. The number of amidine groups is 1. The van der Waals surface area contributed by atoms with Gasteiger partial charge in [-0.25, -0.2) is 9.29 Å². The van der Waals surface area contributed by atoms with E-state index < -0.39 is 5.83 Å². The van der Waals surface area contributed by atoms with Gasteiger partial charge in [0.2, 0.25) is 17.9 Å². The van der Waals surface area contributed by atoms with E-state index in [1.165, 1.54) is 12.2 Å². The molecule has 11 nitrogen and oxygen atoms in total. The molecule has 0 saturated carbocycles. The molecule has 0 aliphatic carbocycles. The molecule has 0 unspecified atom stereocenters. The second-order valence-electron chi connectivity index (χ2n) is 11.0. The molecule has 0 amide bonds. The van der Waals surface area contributed by atoms with Crippen molar-refractivity contribution in [1.82, 2.24) is 14.0 Å². The van der Waals surface area contributed by atoms with Crippen LogP contribution in [0.4, 0.5) is 15.8 Å². The van der Waals surface area contributed by atoms with E-state index in [-0.39, 0.29) is 29.5 Å². The average molecular weight is 600 g/mol. The van der Waals surface area contributed by atoms with Gasteiger partial charge in [0.15, 0.2) is 0 Å². The molecule has 0 bridgehead atoms. The summed E-state index contributed by atoms with van der Waals surface area (Å²) in [5.74, 6) is 0.522. The van der Waals surface area contributed by atoms with Gasteiger partial charge in [0.1, 0.15) is 17.5 Å². The van der Waals surface area contributed by atoms with Crippen LogP contribution in [0.25, 0.3) is 43.6 Å². The number of anilines is 2. The molecule has 12 heteroatoms. The lowest BCUT2D eigenvalue weighted by Gasteiger charge is -2.32. The fourth-order valence-corrected chi connectivity index (χ4v) is 6.30. The Morgan fingerprint density at radius 2 is 1.04 bits per heavy atom. The minimum atomic E-state index is -0.549. The Hall–Kier alpha value is -7.05. The predicted octanol–water partition coefficient (Wildman–Crippen LogP) is 5.71. The van der Waals surface area contributed by atoms with Crippen molar-refractivity contribution in [2.45, 2.75) is 0 Å². The summed E-state index contributed by atoms with van der Waals surface area (Å²) in [5.41, 5.74) is 17.2. The van der Waals surface area contributed by atoms with E-state index in [0.29, 0.717) is 33.5 Å². The van der Waals surface area contributed by atoms with E-state index in [2.05, 4.69) is 12.1 Å². The maximum atomic E-state index is 15.2. The van der Waals surface area contributed by atoms with Crippen molar-refractivity contribution in [3.05, 3.63) is 108 Å². The zero-order valence-electron chi connectivity index (χ0n) is 23.6. The molecule has 216 valence electrons. The monoisotopic (exact) mass is 599 g/mol. The van der Waals surface area contributed by atoms with Crippen LogP contribution in [0.15, 0.2) is 117 Å². The van der Waals surface area contributed by atoms with Crippen LogP contribution in [-0.2, 0) is 0 Å². The molecule has 0 atom stereocenters. The summed E-state index contributed by atoms with van der Waals surface area (Å²) in [4.78, 5) is 20.9. The van der Waals surface area contributed by atoms with E-state index in [1.54, 1.807) is 33.7 Å². The summed E-state index contributed by atoms with van der Waals surface area (Å²) in [5, 5.41) is 22.9. The highest BCUT2D eigenvalue weighted by Crippen LogP contribution is 2.35. The smallest absolute Gasteiger partial charge is 0.243 e. The lowest BCUT2D eigenvalue weighted by atomic mass is 10.1. The van der Waals surface area contributed by atoms with Crippen molar-refractivity contribution in [2.24, 2.45) is 20.0 Å². The largest absolute Gasteiger partial charge is 0.399 e. The zero-order chi connectivity index (χ0) is 31.3. The molecule has 0 spiro atoms. The summed E-state index contributed by atoms with van der Waals surface area (Å²) >= 11 is 0. The molecule has 9 rings (SSSR count). The number of nitrogen functional groups attached to an aromatic ring is 2. The van der Waals surface area contributed by atoms with Crippen molar-refractivity contribution in [3.63, 3.8) is 0 Å². The third-order valence-electron chi connectivity index (χ3n) is 8.26. The molecule has 0 saturated heterocycles. The molecular weight excluding hydrogens is 581 g/mol. The van der Waals surface area contributed by atoms with Crippen LogP contribution >= 0.6 is 0 Å². The lowest BCUT2D eigenvalue weighted by molar-refractivity contribution is 0.629.